The van der Waals surface area contributed by atoms with E-state index in [1.165, 1.54) is 11.3 Å². The third kappa shape index (κ3) is 4.28. The zero-order valence-corrected chi connectivity index (χ0v) is 14.5. The number of thiophene rings is 1. The molecule has 116 valence electrons. The van der Waals surface area contributed by atoms with E-state index in [1.807, 2.05) is 20.8 Å². The highest BCUT2D eigenvalue weighted by atomic mass is 32.2. The van der Waals surface area contributed by atoms with Crippen LogP contribution in [0.3, 0.4) is 0 Å². The minimum absolute atomic E-state index is 0.473. The maximum Gasteiger partial charge on any atom is 0.252 e. The molecule has 0 unspecified atom stereocenters. The highest BCUT2D eigenvalue weighted by molar-refractivity contribution is 7.91. The Morgan fingerprint density at radius 1 is 1.30 bits per heavy atom. The van der Waals surface area contributed by atoms with Crippen LogP contribution < -0.4 is 5.32 Å². The predicted molar refractivity (Wildman–Crippen MR) is 85.8 cm³/mol. The first-order chi connectivity index (χ1) is 9.47. The summed E-state index contributed by atoms with van der Waals surface area (Å²) in [6.45, 7) is 10.8. The van der Waals surface area contributed by atoms with E-state index >= 15 is 0 Å². The summed E-state index contributed by atoms with van der Waals surface area (Å²) in [4.78, 5) is 1.11. The lowest BCUT2D eigenvalue weighted by Gasteiger charge is -2.18. The summed E-state index contributed by atoms with van der Waals surface area (Å²) >= 11 is 1.39. The Morgan fingerprint density at radius 2 is 2.00 bits per heavy atom. The van der Waals surface area contributed by atoms with Gasteiger partial charge in [0.25, 0.3) is 10.0 Å². The van der Waals surface area contributed by atoms with E-state index in [2.05, 4.69) is 12.2 Å². The van der Waals surface area contributed by atoms with Crippen molar-refractivity contribution in [1.29, 1.82) is 0 Å². The van der Waals surface area contributed by atoms with E-state index in [0.717, 1.165) is 36.4 Å². The van der Waals surface area contributed by atoms with Crippen LogP contribution in [0.1, 0.15) is 44.1 Å². The fourth-order valence-corrected chi connectivity index (χ4v) is 5.14. The van der Waals surface area contributed by atoms with Crippen molar-refractivity contribution in [2.24, 2.45) is 0 Å². The fourth-order valence-electron chi connectivity index (χ4n) is 1.94. The Kier molecular flexibility index (Phi) is 7.15. The number of nitrogens with zero attached hydrogens (tertiary/aromatic N) is 1. The van der Waals surface area contributed by atoms with Gasteiger partial charge in [0.1, 0.15) is 4.21 Å². The second kappa shape index (κ2) is 8.12. The molecular formula is C14H26N2O2S2. The number of aryl methyl sites for hydroxylation is 1. The predicted octanol–water partition coefficient (Wildman–Crippen LogP) is 2.98. The maximum atomic E-state index is 12.6. The first-order valence-corrected chi connectivity index (χ1v) is 9.53. The van der Waals surface area contributed by atoms with Crippen LogP contribution in [-0.2, 0) is 16.6 Å². The van der Waals surface area contributed by atoms with Gasteiger partial charge in [-0.05, 0) is 31.5 Å². The van der Waals surface area contributed by atoms with Crippen molar-refractivity contribution in [3.8, 4) is 0 Å². The average molecular weight is 319 g/mol. The summed E-state index contributed by atoms with van der Waals surface area (Å²) in [5, 5.41) is 3.25. The minimum Gasteiger partial charge on any atom is -0.312 e. The monoisotopic (exact) mass is 318 g/mol. The van der Waals surface area contributed by atoms with Crippen molar-refractivity contribution in [2.45, 2.75) is 51.3 Å². The number of unbranched alkanes of at least 4 members (excludes halogenated alkanes) is 1. The number of rotatable bonds is 9. The molecule has 0 radical (unpaired) electrons. The number of sulfonamides is 1. The van der Waals surface area contributed by atoms with Crippen molar-refractivity contribution in [1.82, 2.24) is 9.62 Å². The quantitative estimate of drug-likeness (QED) is 0.761. The van der Waals surface area contributed by atoms with Crippen LogP contribution in [0.2, 0.25) is 0 Å². The highest BCUT2D eigenvalue weighted by Crippen LogP contribution is 2.28. The third-order valence-corrected chi connectivity index (χ3v) is 6.90. The lowest BCUT2D eigenvalue weighted by Crippen LogP contribution is -2.31. The molecule has 1 aromatic heterocycles. The molecule has 0 bridgehead atoms. The van der Waals surface area contributed by atoms with Crippen LogP contribution in [0.4, 0.5) is 0 Å². The summed E-state index contributed by atoms with van der Waals surface area (Å²) in [6, 6.07) is 1.81. The zero-order valence-electron chi connectivity index (χ0n) is 12.9. The average Bonchev–Trinajstić information content (AvgIpc) is 2.79. The van der Waals surface area contributed by atoms with Gasteiger partial charge in [-0.15, -0.1) is 11.3 Å². The molecule has 0 atom stereocenters. The van der Waals surface area contributed by atoms with Gasteiger partial charge in [-0.25, -0.2) is 8.42 Å². The van der Waals surface area contributed by atoms with Crippen molar-refractivity contribution >= 4 is 21.4 Å². The molecule has 0 aliphatic heterocycles. The second-order valence-corrected chi connectivity index (χ2v) is 8.10. The van der Waals surface area contributed by atoms with Crippen LogP contribution in [0.5, 0.6) is 0 Å². The Morgan fingerprint density at radius 3 is 2.55 bits per heavy atom. The van der Waals surface area contributed by atoms with Gasteiger partial charge < -0.3 is 5.32 Å². The summed E-state index contributed by atoms with van der Waals surface area (Å²) in [7, 11) is -3.33. The van der Waals surface area contributed by atoms with Crippen molar-refractivity contribution in [2.75, 3.05) is 19.6 Å². The molecule has 0 saturated heterocycles. The van der Waals surface area contributed by atoms with Crippen LogP contribution >= 0.6 is 11.3 Å². The van der Waals surface area contributed by atoms with Crippen LogP contribution in [-0.4, -0.2) is 32.4 Å². The Labute approximate surface area is 127 Å². The molecule has 1 rings (SSSR count). The molecule has 1 heterocycles. The molecule has 0 amide bonds. The molecule has 0 aliphatic carbocycles. The molecule has 1 N–H and O–H groups in total. The van der Waals surface area contributed by atoms with Crippen LogP contribution in [0.15, 0.2) is 10.3 Å². The Bertz CT molecular complexity index is 509. The molecule has 4 nitrogen and oxygen atoms in total. The van der Waals surface area contributed by atoms with E-state index in [-0.39, 0.29) is 0 Å². The first kappa shape index (κ1) is 17.6. The van der Waals surface area contributed by atoms with Crippen molar-refractivity contribution < 1.29 is 8.42 Å². The summed E-state index contributed by atoms with van der Waals surface area (Å²) in [5.41, 5.74) is 1.06. The number of hydrogen-bond acceptors (Lipinski definition) is 4. The van der Waals surface area contributed by atoms with Crippen molar-refractivity contribution in [3.05, 3.63) is 16.5 Å². The molecule has 0 saturated carbocycles. The van der Waals surface area contributed by atoms with Gasteiger partial charge in [-0.1, -0.05) is 27.2 Å². The molecule has 0 spiro atoms. The third-order valence-electron chi connectivity index (χ3n) is 3.24. The summed E-state index contributed by atoms with van der Waals surface area (Å²) < 4.78 is 27.3. The van der Waals surface area contributed by atoms with E-state index in [9.17, 15) is 8.42 Å². The smallest absolute Gasteiger partial charge is 0.252 e. The van der Waals surface area contributed by atoms with Gasteiger partial charge in [-0.3, -0.25) is 0 Å². The van der Waals surface area contributed by atoms with Gasteiger partial charge in [0.15, 0.2) is 0 Å². The van der Waals surface area contributed by atoms with Gasteiger partial charge in [0.2, 0.25) is 0 Å². The number of hydrogen-bond donors (Lipinski definition) is 1. The largest absolute Gasteiger partial charge is 0.312 e. The van der Waals surface area contributed by atoms with Crippen molar-refractivity contribution in [3.63, 3.8) is 0 Å². The molecule has 0 aromatic carbocycles. The van der Waals surface area contributed by atoms with Gasteiger partial charge in [-0.2, -0.15) is 4.31 Å². The molecule has 6 heteroatoms. The van der Waals surface area contributed by atoms with Gasteiger partial charge in [0.05, 0.1) is 0 Å². The Hall–Kier alpha value is -0.430. The van der Waals surface area contributed by atoms with E-state index in [4.69, 9.17) is 0 Å². The summed E-state index contributed by atoms with van der Waals surface area (Å²) in [5.74, 6) is 0. The van der Waals surface area contributed by atoms with E-state index in [0.29, 0.717) is 17.3 Å². The van der Waals surface area contributed by atoms with E-state index < -0.39 is 10.0 Å². The fraction of sp³-hybridized carbons (Fsp3) is 0.714. The molecule has 1 aromatic rings. The van der Waals surface area contributed by atoms with Crippen LogP contribution in [0, 0.1) is 6.92 Å². The highest BCUT2D eigenvalue weighted by Gasteiger charge is 2.25. The molecule has 0 fully saturated rings. The standard InChI is InChI=1S/C14H26N2O2S2/c1-5-8-9-16(7-3)20(17,18)14-10-12(4)13(19-14)11-15-6-2/h10,15H,5-9,11H2,1-4H3. The lowest BCUT2D eigenvalue weighted by molar-refractivity contribution is 0.420. The summed E-state index contributed by atoms with van der Waals surface area (Å²) in [6.07, 6.45) is 1.91. The van der Waals surface area contributed by atoms with Crippen LogP contribution in [0.25, 0.3) is 0 Å². The van der Waals surface area contributed by atoms with E-state index in [1.54, 1.807) is 10.4 Å². The van der Waals surface area contributed by atoms with Gasteiger partial charge in [0, 0.05) is 24.5 Å². The minimum atomic E-state index is -3.33. The SMILES string of the molecule is CCCCN(CC)S(=O)(=O)c1cc(C)c(CNCC)s1. The zero-order chi connectivity index (χ0) is 15.2. The molecule has 20 heavy (non-hydrogen) atoms. The second-order valence-electron chi connectivity index (χ2n) is 4.80. The topological polar surface area (TPSA) is 49.4 Å². The first-order valence-electron chi connectivity index (χ1n) is 7.27. The molecule has 0 aliphatic rings. The Balaban J connectivity index is 2.96. The maximum absolute atomic E-state index is 12.6. The molecular weight excluding hydrogens is 292 g/mol. The van der Waals surface area contributed by atoms with Gasteiger partial charge >= 0.3 is 0 Å². The lowest BCUT2D eigenvalue weighted by atomic mass is 10.3. The normalized spacial score (nSPS) is 12.2. The number of nitrogens with one attached hydrogen (secondary N) is 1.